The molecule has 1 heterocycles. The van der Waals surface area contributed by atoms with Crippen LogP contribution in [0.25, 0.3) is 0 Å². The molecule has 1 aliphatic heterocycles. The zero-order chi connectivity index (χ0) is 19.4. The first kappa shape index (κ1) is 19.3. The first-order valence-corrected chi connectivity index (χ1v) is 10.2. The summed E-state index contributed by atoms with van der Waals surface area (Å²) in [6.45, 7) is 3.98. The molecule has 2 aromatic rings. The fourth-order valence-electron chi connectivity index (χ4n) is 3.29. The van der Waals surface area contributed by atoms with Gasteiger partial charge in [0.1, 0.15) is 10.7 Å². The summed E-state index contributed by atoms with van der Waals surface area (Å²) in [4.78, 5) is 14.2. The van der Waals surface area contributed by atoms with Crippen LogP contribution in [0.15, 0.2) is 66.1 Å². The average Bonchev–Trinajstić information content (AvgIpc) is 3.16. The lowest BCUT2D eigenvalue weighted by atomic mass is 10.0. The summed E-state index contributed by atoms with van der Waals surface area (Å²) in [6.07, 6.45) is 3.06. The third kappa shape index (κ3) is 4.09. The van der Waals surface area contributed by atoms with Crippen LogP contribution in [0.3, 0.4) is 0 Å². The number of benzene rings is 2. The summed E-state index contributed by atoms with van der Waals surface area (Å²) in [5.41, 5.74) is 1.18. The van der Waals surface area contributed by atoms with E-state index in [2.05, 4.69) is 11.3 Å². The van der Waals surface area contributed by atoms with Crippen molar-refractivity contribution in [1.82, 2.24) is 9.62 Å². The van der Waals surface area contributed by atoms with Gasteiger partial charge < -0.3 is 4.90 Å². The molecule has 0 spiro atoms. The normalized spacial score (nSPS) is 17.1. The smallest absolute Gasteiger partial charge is 0.254 e. The van der Waals surface area contributed by atoms with Gasteiger partial charge in [0.25, 0.3) is 5.91 Å². The molecule has 1 atom stereocenters. The fraction of sp³-hybridized carbons (Fsp3) is 0.250. The maximum absolute atomic E-state index is 14.1. The van der Waals surface area contributed by atoms with Crippen molar-refractivity contribution in [2.24, 2.45) is 0 Å². The molecule has 5 nitrogen and oxygen atoms in total. The van der Waals surface area contributed by atoms with Crippen molar-refractivity contribution in [3.05, 3.63) is 78.1 Å². The molecule has 142 valence electrons. The van der Waals surface area contributed by atoms with Gasteiger partial charge >= 0.3 is 0 Å². The molecule has 3 rings (SSSR count). The Kier molecular flexibility index (Phi) is 5.72. The Morgan fingerprint density at radius 1 is 1.26 bits per heavy atom. The molecular formula is C20H21FN2O3S. The van der Waals surface area contributed by atoms with E-state index in [-0.39, 0.29) is 24.1 Å². The number of nitrogens with zero attached hydrogens (tertiary/aromatic N) is 1. The van der Waals surface area contributed by atoms with Crippen LogP contribution in [0.5, 0.6) is 0 Å². The number of likely N-dealkylation sites (tertiary alicyclic amines) is 1. The molecule has 2 aromatic carbocycles. The number of hydrogen-bond donors (Lipinski definition) is 1. The monoisotopic (exact) mass is 388 g/mol. The predicted octanol–water partition coefficient (Wildman–Crippen LogP) is 3.27. The summed E-state index contributed by atoms with van der Waals surface area (Å²) in [6, 6.07) is 13.1. The maximum Gasteiger partial charge on any atom is 0.254 e. The number of amides is 1. The molecule has 1 N–H and O–H groups in total. The minimum absolute atomic E-state index is 0.0256. The van der Waals surface area contributed by atoms with Gasteiger partial charge in [-0.15, -0.1) is 6.58 Å². The number of rotatable bonds is 6. The molecule has 1 fully saturated rings. The van der Waals surface area contributed by atoms with Crippen molar-refractivity contribution < 1.29 is 17.6 Å². The van der Waals surface area contributed by atoms with Gasteiger partial charge in [-0.1, -0.05) is 36.4 Å². The van der Waals surface area contributed by atoms with Crippen molar-refractivity contribution in [3.63, 3.8) is 0 Å². The van der Waals surface area contributed by atoms with Crippen molar-refractivity contribution in [1.29, 1.82) is 0 Å². The Hall–Kier alpha value is -2.51. The molecule has 1 amide bonds. The standard InChI is InChI=1S/C20H21FN2O3S/c1-2-12-22-27(25,26)19-14-16(10-11-17(19)21)20(24)23-13-6-9-18(23)15-7-4-3-5-8-15/h2-5,7-8,10-11,14,18,22H,1,6,9,12-13H2. The number of carbonyl (C=O) groups excluding carboxylic acids is 1. The Bertz CT molecular complexity index is 945. The SMILES string of the molecule is C=CCNS(=O)(=O)c1cc(C(=O)N2CCCC2c2ccccc2)ccc1F. The zero-order valence-corrected chi connectivity index (χ0v) is 15.6. The second-order valence-corrected chi connectivity index (χ2v) is 8.09. The lowest BCUT2D eigenvalue weighted by Gasteiger charge is -2.25. The van der Waals surface area contributed by atoms with Gasteiger partial charge in [-0.3, -0.25) is 4.79 Å². The lowest BCUT2D eigenvalue weighted by molar-refractivity contribution is 0.0735. The molecule has 0 bridgehead atoms. The van der Waals surface area contributed by atoms with Crippen molar-refractivity contribution in [2.45, 2.75) is 23.8 Å². The molecule has 7 heteroatoms. The van der Waals surface area contributed by atoms with E-state index < -0.39 is 20.7 Å². The van der Waals surface area contributed by atoms with Crippen molar-refractivity contribution in [3.8, 4) is 0 Å². The summed E-state index contributed by atoms with van der Waals surface area (Å²) in [7, 11) is -4.07. The predicted molar refractivity (Wildman–Crippen MR) is 101 cm³/mol. The molecule has 0 aromatic heterocycles. The van der Waals surface area contributed by atoms with Gasteiger partial charge in [-0.05, 0) is 36.6 Å². The van der Waals surface area contributed by atoms with E-state index in [0.717, 1.165) is 30.5 Å². The van der Waals surface area contributed by atoms with Crippen LogP contribution in [-0.4, -0.2) is 32.3 Å². The topological polar surface area (TPSA) is 66.5 Å². The van der Waals surface area contributed by atoms with Crippen LogP contribution in [-0.2, 0) is 10.0 Å². The molecule has 1 aliphatic rings. The van der Waals surface area contributed by atoms with E-state index in [1.807, 2.05) is 30.3 Å². The highest BCUT2D eigenvalue weighted by Gasteiger charge is 2.31. The van der Waals surface area contributed by atoms with Crippen molar-refractivity contribution >= 4 is 15.9 Å². The molecule has 27 heavy (non-hydrogen) atoms. The molecule has 1 unspecified atom stereocenters. The Morgan fingerprint density at radius 2 is 2.00 bits per heavy atom. The third-order valence-corrected chi connectivity index (χ3v) is 6.02. The molecular weight excluding hydrogens is 367 g/mol. The van der Waals surface area contributed by atoms with Crippen LogP contribution < -0.4 is 4.72 Å². The Balaban J connectivity index is 1.91. The number of halogens is 1. The summed E-state index contributed by atoms with van der Waals surface area (Å²) < 4.78 is 40.9. The summed E-state index contributed by atoms with van der Waals surface area (Å²) in [5.74, 6) is -1.20. The van der Waals surface area contributed by atoms with Crippen LogP contribution in [0.4, 0.5) is 4.39 Å². The molecule has 0 radical (unpaired) electrons. The molecule has 0 saturated carbocycles. The van der Waals surface area contributed by atoms with Crippen LogP contribution in [0, 0.1) is 5.82 Å². The first-order chi connectivity index (χ1) is 12.9. The second kappa shape index (κ2) is 8.02. The van der Waals surface area contributed by atoms with E-state index in [1.165, 1.54) is 12.1 Å². The highest BCUT2D eigenvalue weighted by molar-refractivity contribution is 7.89. The quantitative estimate of drug-likeness (QED) is 0.773. The lowest BCUT2D eigenvalue weighted by Crippen LogP contribution is -2.31. The van der Waals surface area contributed by atoms with Crippen LogP contribution >= 0.6 is 0 Å². The highest BCUT2D eigenvalue weighted by Crippen LogP contribution is 2.33. The average molecular weight is 388 g/mol. The molecule has 1 saturated heterocycles. The minimum Gasteiger partial charge on any atom is -0.332 e. The van der Waals surface area contributed by atoms with Gasteiger partial charge in [0.2, 0.25) is 10.0 Å². The van der Waals surface area contributed by atoms with Gasteiger partial charge in [0, 0.05) is 18.7 Å². The number of hydrogen-bond acceptors (Lipinski definition) is 3. The summed E-state index contributed by atoms with van der Waals surface area (Å²) >= 11 is 0. The maximum atomic E-state index is 14.1. The zero-order valence-electron chi connectivity index (χ0n) is 14.8. The van der Waals surface area contributed by atoms with Gasteiger partial charge in [-0.2, -0.15) is 0 Å². The number of sulfonamides is 1. The second-order valence-electron chi connectivity index (χ2n) is 6.35. The third-order valence-electron chi connectivity index (χ3n) is 4.58. The van der Waals surface area contributed by atoms with Gasteiger partial charge in [0.15, 0.2) is 0 Å². The van der Waals surface area contributed by atoms with Gasteiger partial charge in [0.05, 0.1) is 6.04 Å². The summed E-state index contributed by atoms with van der Waals surface area (Å²) in [5, 5.41) is 0. The van der Waals surface area contributed by atoms with E-state index >= 15 is 0 Å². The number of carbonyl (C=O) groups is 1. The minimum atomic E-state index is -4.07. The van der Waals surface area contributed by atoms with E-state index in [0.29, 0.717) is 6.54 Å². The van der Waals surface area contributed by atoms with Crippen LogP contribution in [0.1, 0.15) is 34.8 Å². The largest absolute Gasteiger partial charge is 0.332 e. The van der Waals surface area contributed by atoms with Crippen LogP contribution in [0.2, 0.25) is 0 Å². The fourth-order valence-corrected chi connectivity index (χ4v) is 4.39. The molecule has 0 aliphatic carbocycles. The van der Waals surface area contributed by atoms with E-state index in [1.54, 1.807) is 4.90 Å². The van der Waals surface area contributed by atoms with E-state index in [4.69, 9.17) is 0 Å². The van der Waals surface area contributed by atoms with E-state index in [9.17, 15) is 17.6 Å². The highest BCUT2D eigenvalue weighted by atomic mass is 32.2. The first-order valence-electron chi connectivity index (χ1n) is 8.70. The number of nitrogens with one attached hydrogen (secondary N) is 1. The van der Waals surface area contributed by atoms with Crippen molar-refractivity contribution in [2.75, 3.05) is 13.1 Å². The van der Waals surface area contributed by atoms with Gasteiger partial charge in [-0.25, -0.2) is 17.5 Å². The Morgan fingerprint density at radius 3 is 2.70 bits per heavy atom. The Labute approximate surface area is 158 Å².